The molecule has 0 amide bonds. The Morgan fingerprint density at radius 2 is 2.12 bits per heavy atom. The summed E-state index contributed by atoms with van der Waals surface area (Å²) in [6.45, 7) is 5.82. The Balaban J connectivity index is 1.39. The molecule has 0 aliphatic carbocycles. The van der Waals surface area contributed by atoms with Crippen LogP contribution in [-0.2, 0) is 11.3 Å². The highest BCUT2D eigenvalue weighted by atomic mass is 16.6. The van der Waals surface area contributed by atoms with Crippen molar-refractivity contribution in [2.45, 2.75) is 13.0 Å². The molecule has 8 nitrogen and oxygen atoms in total. The van der Waals surface area contributed by atoms with Crippen LogP contribution in [0.2, 0.25) is 0 Å². The van der Waals surface area contributed by atoms with E-state index in [1.807, 2.05) is 12.1 Å². The Kier molecular flexibility index (Phi) is 5.86. The van der Waals surface area contributed by atoms with Gasteiger partial charge in [0.05, 0.1) is 19.8 Å². The Morgan fingerprint density at radius 1 is 1.25 bits per heavy atom. The molecule has 0 saturated carbocycles. The fraction of sp³-hybridized carbons (Fsp3) is 0.500. The summed E-state index contributed by atoms with van der Waals surface area (Å²) in [7, 11) is 0. The molecule has 1 saturated heterocycles. The third-order valence-electron chi connectivity index (χ3n) is 3.80. The predicted octanol–water partition coefficient (Wildman–Crippen LogP) is 1.36. The molecule has 1 aliphatic heterocycles. The predicted molar refractivity (Wildman–Crippen MR) is 89.9 cm³/mol. The molecule has 2 aromatic rings. The monoisotopic (exact) mass is 333 g/mol. The standard InChI is InChI=1S/C16H23N5O3/c17-15-16(20-24-19-15)18-5-2-8-23-14-4-1-3-13(11-14)12-21-6-9-22-10-7-21/h1,3-4,11H,2,5-10,12H2,(H2,17,19)(H,18,20). The lowest BCUT2D eigenvalue weighted by atomic mass is 10.2. The summed E-state index contributed by atoms with van der Waals surface area (Å²) in [6, 6.07) is 8.24. The van der Waals surface area contributed by atoms with Gasteiger partial charge in [0.2, 0.25) is 11.6 Å². The zero-order chi connectivity index (χ0) is 16.6. The Morgan fingerprint density at radius 3 is 2.92 bits per heavy atom. The fourth-order valence-electron chi connectivity index (χ4n) is 2.54. The summed E-state index contributed by atoms with van der Waals surface area (Å²) in [5.74, 6) is 1.64. The second kappa shape index (κ2) is 8.51. The zero-order valence-corrected chi connectivity index (χ0v) is 13.6. The number of anilines is 2. The molecule has 2 heterocycles. The Hall–Kier alpha value is -2.32. The van der Waals surface area contributed by atoms with Gasteiger partial charge in [0.1, 0.15) is 5.75 Å². The highest BCUT2D eigenvalue weighted by Crippen LogP contribution is 2.16. The van der Waals surface area contributed by atoms with Crippen molar-refractivity contribution in [1.29, 1.82) is 0 Å². The molecule has 130 valence electrons. The summed E-state index contributed by atoms with van der Waals surface area (Å²) in [6.07, 6.45) is 0.819. The number of nitrogens with zero attached hydrogens (tertiary/aromatic N) is 3. The minimum atomic E-state index is 0.270. The molecule has 0 atom stereocenters. The maximum atomic E-state index is 5.81. The average molecular weight is 333 g/mol. The highest BCUT2D eigenvalue weighted by molar-refractivity contribution is 5.53. The summed E-state index contributed by atoms with van der Waals surface area (Å²) in [4.78, 5) is 2.39. The number of aromatic nitrogens is 2. The maximum Gasteiger partial charge on any atom is 0.215 e. The van der Waals surface area contributed by atoms with Crippen LogP contribution in [0.3, 0.4) is 0 Å². The van der Waals surface area contributed by atoms with Crippen molar-refractivity contribution in [3.8, 4) is 5.75 Å². The van der Waals surface area contributed by atoms with Gasteiger partial charge in [-0.05, 0) is 34.4 Å². The van der Waals surface area contributed by atoms with Gasteiger partial charge in [-0.15, -0.1) is 0 Å². The Bertz CT molecular complexity index is 628. The lowest BCUT2D eigenvalue weighted by Crippen LogP contribution is -2.35. The number of benzene rings is 1. The quantitative estimate of drug-likeness (QED) is 0.699. The molecule has 0 spiro atoms. The number of rotatable bonds is 8. The normalized spacial score (nSPS) is 15.3. The third kappa shape index (κ3) is 4.84. The summed E-state index contributed by atoms with van der Waals surface area (Å²) >= 11 is 0. The first-order valence-corrected chi connectivity index (χ1v) is 8.15. The van der Waals surface area contributed by atoms with Gasteiger partial charge < -0.3 is 20.5 Å². The van der Waals surface area contributed by atoms with E-state index in [4.69, 9.17) is 15.2 Å². The van der Waals surface area contributed by atoms with Crippen molar-refractivity contribution in [3.63, 3.8) is 0 Å². The van der Waals surface area contributed by atoms with Crippen molar-refractivity contribution >= 4 is 11.6 Å². The molecule has 0 bridgehead atoms. The topological polar surface area (TPSA) is 98.7 Å². The van der Waals surface area contributed by atoms with E-state index in [-0.39, 0.29) is 5.82 Å². The zero-order valence-electron chi connectivity index (χ0n) is 13.6. The lowest BCUT2D eigenvalue weighted by molar-refractivity contribution is 0.0341. The molecule has 0 unspecified atom stereocenters. The number of nitrogens with one attached hydrogen (secondary N) is 1. The molecule has 1 fully saturated rings. The summed E-state index contributed by atoms with van der Waals surface area (Å²) < 4.78 is 15.7. The number of ether oxygens (including phenoxy) is 2. The first-order chi connectivity index (χ1) is 11.8. The van der Waals surface area contributed by atoms with Crippen LogP contribution in [0.4, 0.5) is 11.6 Å². The first kappa shape index (κ1) is 16.5. The van der Waals surface area contributed by atoms with E-state index >= 15 is 0 Å². The first-order valence-electron chi connectivity index (χ1n) is 8.15. The van der Waals surface area contributed by atoms with Crippen LogP contribution < -0.4 is 15.8 Å². The SMILES string of the molecule is Nc1nonc1NCCCOc1cccc(CN2CCOCC2)c1. The van der Waals surface area contributed by atoms with E-state index in [0.29, 0.717) is 19.0 Å². The van der Waals surface area contributed by atoms with Gasteiger partial charge in [-0.1, -0.05) is 12.1 Å². The highest BCUT2D eigenvalue weighted by Gasteiger charge is 2.11. The fourth-order valence-corrected chi connectivity index (χ4v) is 2.54. The van der Waals surface area contributed by atoms with Crippen LogP contribution in [-0.4, -0.2) is 54.7 Å². The van der Waals surface area contributed by atoms with Crippen LogP contribution >= 0.6 is 0 Å². The molecule has 3 N–H and O–H groups in total. The third-order valence-corrected chi connectivity index (χ3v) is 3.80. The minimum absolute atomic E-state index is 0.270. The number of hydrogen-bond acceptors (Lipinski definition) is 8. The van der Waals surface area contributed by atoms with Crippen molar-refractivity contribution in [2.75, 3.05) is 50.5 Å². The number of hydrogen-bond donors (Lipinski definition) is 2. The van der Waals surface area contributed by atoms with E-state index in [9.17, 15) is 0 Å². The van der Waals surface area contributed by atoms with Gasteiger partial charge in [-0.2, -0.15) is 0 Å². The van der Waals surface area contributed by atoms with Gasteiger partial charge in [0.15, 0.2) is 0 Å². The molecule has 0 radical (unpaired) electrons. The maximum absolute atomic E-state index is 5.81. The molecule has 1 aromatic carbocycles. The molecule has 3 rings (SSSR count). The number of morpholine rings is 1. The molecular weight excluding hydrogens is 310 g/mol. The summed E-state index contributed by atoms with van der Waals surface area (Å²) in [5.41, 5.74) is 6.83. The van der Waals surface area contributed by atoms with E-state index < -0.39 is 0 Å². The number of nitrogens with two attached hydrogens (primary N) is 1. The molecule has 24 heavy (non-hydrogen) atoms. The van der Waals surface area contributed by atoms with E-state index in [2.05, 4.69) is 37.3 Å². The van der Waals surface area contributed by atoms with Gasteiger partial charge in [-0.3, -0.25) is 4.90 Å². The molecule has 1 aromatic heterocycles. The second-order valence-corrected chi connectivity index (χ2v) is 5.66. The van der Waals surface area contributed by atoms with Crippen molar-refractivity contribution in [1.82, 2.24) is 15.2 Å². The van der Waals surface area contributed by atoms with E-state index in [1.165, 1.54) is 5.56 Å². The van der Waals surface area contributed by atoms with Crippen molar-refractivity contribution in [2.24, 2.45) is 0 Å². The van der Waals surface area contributed by atoms with Crippen LogP contribution in [0.5, 0.6) is 5.75 Å². The summed E-state index contributed by atoms with van der Waals surface area (Å²) in [5, 5.41) is 10.2. The molecule has 1 aliphatic rings. The van der Waals surface area contributed by atoms with Crippen LogP contribution in [0.1, 0.15) is 12.0 Å². The average Bonchev–Trinajstić information content (AvgIpc) is 3.01. The number of nitrogen functional groups attached to an aromatic ring is 1. The van der Waals surface area contributed by atoms with Crippen molar-refractivity contribution < 1.29 is 14.1 Å². The minimum Gasteiger partial charge on any atom is -0.494 e. The van der Waals surface area contributed by atoms with E-state index in [0.717, 1.165) is 45.0 Å². The van der Waals surface area contributed by atoms with Gasteiger partial charge in [0.25, 0.3) is 0 Å². The smallest absolute Gasteiger partial charge is 0.215 e. The largest absolute Gasteiger partial charge is 0.494 e. The van der Waals surface area contributed by atoms with Gasteiger partial charge >= 0.3 is 0 Å². The second-order valence-electron chi connectivity index (χ2n) is 5.66. The van der Waals surface area contributed by atoms with Crippen LogP contribution in [0, 0.1) is 0 Å². The lowest BCUT2D eigenvalue weighted by Gasteiger charge is -2.26. The Labute approximate surface area is 140 Å². The molecular formula is C16H23N5O3. The van der Waals surface area contributed by atoms with E-state index in [1.54, 1.807) is 0 Å². The van der Waals surface area contributed by atoms with Crippen LogP contribution in [0.15, 0.2) is 28.9 Å². The van der Waals surface area contributed by atoms with Gasteiger partial charge in [0, 0.05) is 26.2 Å². The van der Waals surface area contributed by atoms with Gasteiger partial charge in [-0.25, -0.2) is 4.63 Å². The van der Waals surface area contributed by atoms with Crippen LogP contribution in [0.25, 0.3) is 0 Å². The van der Waals surface area contributed by atoms with Crippen molar-refractivity contribution in [3.05, 3.63) is 29.8 Å². The molecule has 8 heteroatoms.